The van der Waals surface area contributed by atoms with E-state index >= 15 is 0 Å². The van der Waals surface area contributed by atoms with Gasteiger partial charge in [-0.15, -0.1) is 11.3 Å². The van der Waals surface area contributed by atoms with Gasteiger partial charge in [-0.2, -0.15) is 0 Å². The molecular weight excluding hydrogens is 284 g/mol. The largest absolute Gasteiger partial charge is 0.486 e. The normalized spacial score (nSPS) is 15.0. The number of ether oxygens (including phenoxy) is 2. The summed E-state index contributed by atoms with van der Waals surface area (Å²) in [6.45, 7) is 3.39. The highest BCUT2D eigenvalue weighted by Crippen LogP contribution is 2.33. The summed E-state index contributed by atoms with van der Waals surface area (Å²) in [5.74, 6) is 7.37. The number of rotatable bonds is 5. The van der Waals surface area contributed by atoms with Crippen molar-refractivity contribution in [3.8, 4) is 11.5 Å². The van der Waals surface area contributed by atoms with Crippen LogP contribution >= 0.6 is 11.3 Å². The van der Waals surface area contributed by atoms with Crippen LogP contribution in [0.4, 0.5) is 0 Å². The number of hydrazine groups is 1. The second-order valence-electron chi connectivity index (χ2n) is 5.05. The fraction of sp³-hybridized carbons (Fsp3) is 0.375. The molecule has 0 radical (unpaired) electrons. The molecule has 2 heterocycles. The molecule has 1 aromatic carbocycles. The van der Waals surface area contributed by atoms with Gasteiger partial charge in [0, 0.05) is 16.2 Å². The Morgan fingerprint density at radius 2 is 1.90 bits per heavy atom. The van der Waals surface area contributed by atoms with Gasteiger partial charge >= 0.3 is 0 Å². The Morgan fingerprint density at radius 1 is 1.14 bits per heavy atom. The lowest BCUT2D eigenvalue weighted by molar-refractivity contribution is 0.171. The van der Waals surface area contributed by atoms with Crippen LogP contribution < -0.4 is 20.7 Å². The summed E-state index contributed by atoms with van der Waals surface area (Å²) in [4.78, 5) is 2.74. The highest BCUT2D eigenvalue weighted by molar-refractivity contribution is 7.11. The monoisotopic (exact) mass is 304 g/mol. The minimum absolute atomic E-state index is 0.0733. The molecular formula is C16H20N2O2S. The van der Waals surface area contributed by atoms with Gasteiger partial charge in [0.2, 0.25) is 0 Å². The zero-order valence-corrected chi connectivity index (χ0v) is 12.9. The number of hydrogen-bond donors (Lipinski definition) is 2. The van der Waals surface area contributed by atoms with Crippen LogP contribution in [-0.2, 0) is 12.8 Å². The Morgan fingerprint density at radius 3 is 2.62 bits per heavy atom. The molecule has 1 aliphatic heterocycles. The van der Waals surface area contributed by atoms with E-state index in [4.69, 9.17) is 15.3 Å². The van der Waals surface area contributed by atoms with Gasteiger partial charge in [0.05, 0.1) is 6.04 Å². The van der Waals surface area contributed by atoms with Gasteiger partial charge in [-0.1, -0.05) is 13.0 Å². The molecule has 0 spiro atoms. The maximum atomic E-state index is 5.75. The molecule has 1 aliphatic rings. The highest BCUT2D eigenvalue weighted by Gasteiger charge is 2.17. The summed E-state index contributed by atoms with van der Waals surface area (Å²) in [6.07, 6.45) is 1.95. The van der Waals surface area contributed by atoms with Crippen LogP contribution in [0.5, 0.6) is 11.5 Å². The summed E-state index contributed by atoms with van der Waals surface area (Å²) in [5.41, 5.74) is 4.03. The van der Waals surface area contributed by atoms with E-state index in [1.54, 1.807) is 0 Å². The van der Waals surface area contributed by atoms with Gasteiger partial charge in [0.1, 0.15) is 13.2 Å². The van der Waals surface area contributed by atoms with Crippen LogP contribution in [0.25, 0.3) is 0 Å². The van der Waals surface area contributed by atoms with Crippen LogP contribution in [0.2, 0.25) is 0 Å². The molecule has 4 nitrogen and oxygen atoms in total. The number of thiophene rings is 1. The third kappa shape index (κ3) is 3.20. The second-order valence-corrected chi connectivity index (χ2v) is 6.30. The molecule has 21 heavy (non-hydrogen) atoms. The Labute approximate surface area is 128 Å². The van der Waals surface area contributed by atoms with Crippen LogP contribution in [0.15, 0.2) is 30.3 Å². The molecule has 3 N–H and O–H groups in total. The summed E-state index contributed by atoms with van der Waals surface area (Å²) in [7, 11) is 0. The van der Waals surface area contributed by atoms with Crippen molar-refractivity contribution in [2.75, 3.05) is 13.2 Å². The number of benzene rings is 1. The first-order valence-corrected chi connectivity index (χ1v) is 8.05. The number of fused-ring (bicyclic) bond motifs is 1. The molecule has 3 rings (SSSR count). The van der Waals surface area contributed by atoms with Gasteiger partial charge < -0.3 is 9.47 Å². The van der Waals surface area contributed by atoms with Crippen LogP contribution in [-0.4, -0.2) is 13.2 Å². The van der Waals surface area contributed by atoms with E-state index in [-0.39, 0.29) is 6.04 Å². The quantitative estimate of drug-likeness (QED) is 0.659. The first-order chi connectivity index (χ1) is 10.3. The van der Waals surface area contributed by atoms with Crippen molar-refractivity contribution in [1.29, 1.82) is 0 Å². The molecule has 0 bridgehead atoms. The van der Waals surface area contributed by atoms with E-state index in [0.717, 1.165) is 29.9 Å². The minimum Gasteiger partial charge on any atom is -0.486 e. The molecule has 5 heteroatoms. The zero-order chi connectivity index (χ0) is 14.7. The molecule has 112 valence electrons. The van der Waals surface area contributed by atoms with Crippen molar-refractivity contribution in [3.05, 3.63) is 45.6 Å². The molecule has 0 amide bonds. The summed E-state index contributed by atoms with van der Waals surface area (Å²) in [6, 6.07) is 10.5. The first-order valence-electron chi connectivity index (χ1n) is 7.23. The molecule has 0 saturated carbocycles. The second kappa shape index (κ2) is 6.47. The number of hydrogen-bond acceptors (Lipinski definition) is 5. The Hall–Kier alpha value is -1.56. The summed E-state index contributed by atoms with van der Waals surface area (Å²) in [5, 5.41) is 0. The summed E-state index contributed by atoms with van der Waals surface area (Å²) < 4.78 is 11.2. The zero-order valence-electron chi connectivity index (χ0n) is 12.1. The topological polar surface area (TPSA) is 56.5 Å². The fourth-order valence-corrected chi connectivity index (χ4v) is 3.48. The van der Waals surface area contributed by atoms with Crippen molar-refractivity contribution in [3.63, 3.8) is 0 Å². The molecule has 0 saturated heterocycles. The third-order valence-corrected chi connectivity index (χ3v) is 4.89. The van der Waals surface area contributed by atoms with Crippen LogP contribution in [0.1, 0.15) is 28.3 Å². The molecule has 2 aromatic rings. The predicted molar refractivity (Wildman–Crippen MR) is 84.9 cm³/mol. The Balaban J connectivity index is 1.79. The average Bonchev–Trinajstić information content (AvgIpc) is 3.00. The third-order valence-electron chi connectivity index (χ3n) is 3.64. The fourth-order valence-electron chi connectivity index (χ4n) is 2.47. The van der Waals surface area contributed by atoms with Crippen molar-refractivity contribution < 1.29 is 9.47 Å². The number of aryl methyl sites for hydroxylation is 1. The smallest absolute Gasteiger partial charge is 0.161 e. The minimum atomic E-state index is 0.0733. The predicted octanol–water partition coefficient (Wildman–Crippen LogP) is 2.83. The lowest BCUT2D eigenvalue weighted by atomic mass is 10.0. The molecule has 1 aromatic heterocycles. The van der Waals surface area contributed by atoms with E-state index in [1.165, 1.54) is 9.75 Å². The average molecular weight is 304 g/mol. The van der Waals surface area contributed by atoms with Crippen molar-refractivity contribution in [1.82, 2.24) is 5.43 Å². The SMILES string of the molecule is CCc1ccc(CC(NN)c2ccc3c(c2)OCCO3)s1. The first kappa shape index (κ1) is 14.4. The lowest BCUT2D eigenvalue weighted by Crippen LogP contribution is -2.29. The van der Waals surface area contributed by atoms with Crippen molar-refractivity contribution >= 4 is 11.3 Å². The van der Waals surface area contributed by atoms with Gasteiger partial charge in [-0.25, -0.2) is 0 Å². The van der Waals surface area contributed by atoms with Crippen LogP contribution in [0, 0.1) is 0 Å². The molecule has 1 atom stereocenters. The lowest BCUT2D eigenvalue weighted by Gasteiger charge is -2.21. The summed E-state index contributed by atoms with van der Waals surface area (Å²) >= 11 is 1.85. The maximum Gasteiger partial charge on any atom is 0.161 e. The highest BCUT2D eigenvalue weighted by atomic mass is 32.1. The number of nitrogens with one attached hydrogen (secondary N) is 1. The van der Waals surface area contributed by atoms with E-state index < -0.39 is 0 Å². The van der Waals surface area contributed by atoms with Crippen molar-refractivity contribution in [2.45, 2.75) is 25.8 Å². The van der Waals surface area contributed by atoms with E-state index in [0.29, 0.717) is 13.2 Å². The van der Waals surface area contributed by atoms with Gasteiger partial charge in [0.15, 0.2) is 11.5 Å². The Bertz CT molecular complexity index is 612. The van der Waals surface area contributed by atoms with Gasteiger partial charge in [-0.3, -0.25) is 11.3 Å². The molecule has 1 unspecified atom stereocenters. The maximum absolute atomic E-state index is 5.75. The van der Waals surface area contributed by atoms with E-state index in [1.807, 2.05) is 29.5 Å². The van der Waals surface area contributed by atoms with Gasteiger partial charge in [-0.05, 0) is 36.2 Å². The van der Waals surface area contributed by atoms with E-state index in [2.05, 4.69) is 24.5 Å². The van der Waals surface area contributed by atoms with E-state index in [9.17, 15) is 0 Å². The molecule has 0 aliphatic carbocycles. The van der Waals surface area contributed by atoms with Gasteiger partial charge in [0.25, 0.3) is 0 Å². The van der Waals surface area contributed by atoms with Crippen LogP contribution in [0.3, 0.4) is 0 Å². The number of nitrogens with two attached hydrogens (primary N) is 1. The standard InChI is InChI=1S/C16H20N2O2S/c1-2-12-4-5-13(21-12)10-14(18-17)11-3-6-15-16(9-11)20-8-7-19-15/h3-6,9,14,18H,2,7-8,10,17H2,1H3. The Kier molecular flexibility index (Phi) is 4.43. The molecule has 0 fully saturated rings. The van der Waals surface area contributed by atoms with Crippen molar-refractivity contribution in [2.24, 2.45) is 5.84 Å².